The average molecular weight is 406 g/mol. The molecule has 146 valence electrons. The molecule has 0 aliphatic heterocycles. The quantitative estimate of drug-likeness (QED) is 0.445. The van der Waals surface area contributed by atoms with E-state index in [0.29, 0.717) is 22.6 Å². The number of phenols is 1. The zero-order chi connectivity index (χ0) is 20.6. The number of hydrogen-bond donors (Lipinski definition) is 3. The fourth-order valence-corrected chi connectivity index (χ4v) is 3.95. The lowest BCUT2D eigenvalue weighted by molar-refractivity contribution is 0.475. The van der Waals surface area contributed by atoms with E-state index < -0.39 is 10.0 Å². The highest BCUT2D eigenvalue weighted by molar-refractivity contribution is 7.89. The number of benzene rings is 3. The van der Waals surface area contributed by atoms with Gasteiger partial charge in [0.15, 0.2) is 5.82 Å². The van der Waals surface area contributed by atoms with Crippen molar-refractivity contribution in [1.29, 1.82) is 0 Å². The first kappa shape index (κ1) is 18.9. The number of rotatable bonds is 4. The van der Waals surface area contributed by atoms with Crippen molar-refractivity contribution in [2.45, 2.75) is 11.8 Å². The minimum Gasteiger partial charge on any atom is -0.508 e. The SMILES string of the molecule is Cc1ccc(-c2nnc(Nc3ccc(O)cc3)c3ccccc23)cc1S(N)(=O)=O. The van der Waals surface area contributed by atoms with Gasteiger partial charge in [-0.1, -0.05) is 36.4 Å². The number of nitrogens with one attached hydrogen (secondary N) is 1. The van der Waals surface area contributed by atoms with Crippen LogP contribution in [0.25, 0.3) is 22.0 Å². The number of aromatic nitrogens is 2. The van der Waals surface area contributed by atoms with E-state index in [9.17, 15) is 13.5 Å². The maximum absolute atomic E-state index is 11.9. The van der Waals surface area contributed by atoms with Crippen LogP contribution in [0.4, 0.5) is 11.5 Å². The molecule has 29 heavy (non-hydrogen) atoms. The van der Waals surface area contributed by atoms with Crippen molar-refractivity contribution in [3.63, 3.8) is 0 Å². The van der Waals surface area contributed by atoms with Crippen molar-refractivity contribution >= 4 is 32.3 Å². The number of nitrogens with two attached hydrogens (primary N) is 1. The Bertz CT molecular complexity index is 1320. The first-order valence-corrected chi connectivity index (χ1v) is 10.3. The highest BCUT2D eigenvalue weighted by Gasteiger charge is 2.16. The smallest absolute Gasteiger partial charge is 0.238 e. The van der Waals surface area contributed by atoms with E-state index in [1.807, 2.05) is 24.3 Å². The van der Waals surface area contributed by atoms with E-state index in [0.717, 1.165) is 16.5 Å². The maximum Gasteiger partial charge on any atom is 0.238 e. The Morgan fingerprint density at radius 1 is 0.931 bits per heavy atom. The minimum atomic E-state index is -3.85. The van der Waals surface area contributed by atoms with Crippen molar-refractivity contribution in [1.82, 2.24) is 10.2 Å². The van der Waals surface area contributed by atoms with Crippen molar-refractivity contribution in [2.24, 2.45) is 5.14 Å². The number of nitrogens with zero attached hydrogens (tertiary/aromatic N) is 2. The standard InChI is InChI=1S/C21H18N4O3S/c1-13-6-7-14(12-19(13)29(22,27)28)20-17-4-2-3-5-18(17)21(25-24-20)23-15-8-10-16(26)11-9-15/h2-12,26H,1H3,(H,23,25)(H2,22,27,28). The van der Waals surface area contributed by atoms with Crippen molar-refractivity contribution in [3.8, 4) is 17.0 Å². The summed E-state index contributed by atoms with van der Waals surface area (Å²) in [5.41, 5.74) is 2.49. The summed E-state index contributed by atoms with van der Waals surface area (Å²) in [7, 11) is -3.85. The molecule has 3 aromatic carbocycles. The number of hydrogen-bond acceptors (Lipinski definition) is 6. The van der Waals surface area contributed by atoms with Gasteiger partial charge in [0, 0.05) is 22.0 Å². The monoisotopic (exact) mass is 406 g/mol. The molecule has 0 saturated heterocycles. The topological polar surface area (TPSA) is 118 Å². The second-order valence-corrected chi connectivity index (χ2v) is 8.17. The van der Waals surface area contributed by atoms with E-state index in [4.69, 9.17) is 5.14 Å². The summed E-state index contributed by atoms with van der Waals surface area (Å²) in [5.74, 6) is 0.723. The van der Waals surface area contributed by atoms with Gasteiger partial charge in [-0.25, -0.2) is 13.6 Å². The summed E-state index contributed by atoms with van der Waals surface area (Å²) in [6.45, 7) is 1.69. The fraction of sp³-hybridized carbons (Fsp3) is 0.0476. The van der Waals surface area contributed by atoms with Crippen LogP contribution in [0.1, 0.15) is 5.56 Å². The Kier molecular flexibility index (Phi) is 4.65. The molecule has 0 saturated carbocycles. The molecular weight excluding hydrogens is 388 g/mol. The van der Waals surface area contributed by atoms with E-state index in [1.165, 1.54) is 6.07 Å². The van der Waals surface area contributed by atoms with Gasteiger partial charge in [-0.15, -0.1) is 10.2 Å². The molecule has 1 aromatic heterocycles. The number of sulfonamides is 1. The van der Waals surface area contributed by atoms with Crippen LogP contribution in [0.5, 0.6) is 5.75 Å². The molecule has 0 bridgehead atoms. The zero-order valence-electron chi connectivity index (χ0n) is 15.5. The summed E-state index contributed by atoms with van der Waals surface area (Å²) in [4.78, 5) is 0.0622. The number of primary sulfonamides is 1. The van der Waals surface area contributed by atoms with Gasteiger partial charge in [0.05, 0.1) is 4.90 Å². The number of anilines is 2. The first-order valence-electron chi connectivity index (χ1n) is 8.78. The molecule has 8 heteroatoms. The Hall–Kier alpha value is -3.49. The molecule has 0 unspecified atom stereocenters. The van der Waals surface area contributed by atoms with Crippen LogP contribution in [0.15, 0.2) is 71.6 Å². The molecule has 4 rings (SSSR count). The number of fused-ring (bicyclic) bond motifs is 1. The molecule has 0 aliphatic rings. The second kappa shape index (κ2) is 7.16. The summed E-state index contributed by atoms with van der Waals surface area (Å²) in [6.07, 6.45) is 0. The maximum atomic E-state index is 11.9. The molecule has 0 aliphatic carbocycles. The van der Waals surface area contributed by atoms with Crippen LogP contribution in [-0.4, -0.2) is 23.7 Å². The number of aromatic hydroxyl groups is 1. The van der Waals surface area contributed by atoms with E-state index in [2.05, 4.69) is 15.5 Å². The molecule has 0 radical (unpaired) electrons. The van der Waals surface area contributed by atoms with Gasteiger partial charge < -0.3 is 10.4 Å². The first-order chi connectivity index (χ1) is 13.8. The second-order valence-electron chi connectivity index (χ2n) is 6.64. The van der Waals surface area contributed by atoms with Gasteiger partial charge in [-0.3, -0.25) is 0 Å². The van der Waals surface area contributed by atoms with Crippen LogP contribution in [-0.2, 0) is 10.0 Å². The van der Waals surface area contributed by atoms with Gasteiger partial charge >= 0.3 is 0 Å². The van der Waals surface area contributed by atoms with Gasteiger partial charge in [-0.05, 0) is 42.8 Å². The van der Waals surface area contributed by atoms with Crippen LogP contribution in [0.3, 0.4) is 0 Å². The van der Waals surface area contributed by atoms with Crippen molar-refractivity contribution in [2.75, 3.05) is 5.32 Å². The highest BCUT2D eigenvalue weighted by atomic mass is 32.2. The third kappa shape index (κ3) is 3.75. The van der Waals surface area contributed by atoms with Gasteiger partial charge in [0.25, 0.3) is 0 Å². The summed E-state index contributed by atoms with van der Waals surface area (Å²) in [5, 5.41) is 28.3. The molecule has 7 nitrogen and oxygen atoms in total. The molecule has 0 amide bonds. The third-order valence-corrected chi connectivity index (χ3v) is 5.64. The average Bonchev–Trinajstić information content (AvgIpc) is 2.70. The molecule has 0 spiro atoms. The number of phenolic OH excluding ortho intramolecular Hbond substituents is 1. The predicted octanol–water partition coefficient (Wildman–Crippen LogP) is 3.70. The highest BCUT2D eigenvalue weighted by Crippen LogP contribution is 2.32. The van der Waals surface area contributed by atoms with Crippen molar-refractivity contribution < 1.29 is 13.5 Å². The molecule has 1 heterocycles. The van der Waals surface area contributed by atoms with Gasteiger partial charge in [-0.2, -0.15) is 0 Å². The van der Waals surface area contributed by atoms with E-state index in [-0.39, 0.29) is 10.6 Å². The summed E-state index contributed by atoms with van der Waals surface area (Å²) >= 11 is 0. The van der Waals surface area contributed by atoms with Crippen LogP contribution < -0.4 is 10.5 Å². The fourth-order valence-electron chi connectivity index (χ4n) is 3.14. The predicted molar refractivity (Wildman–Crippen MR) is 112 cm³/mol. The molecule has 0 atom stereocenters. The minimum absolute atomic E-state index is 0.0622. The zero-order valence-corrected chi connectivity index (χ0v) is 16.3. The number of aryl methyl sites for hydroxylation is 1. The van der Waals surface area contributed by atoms with Crippen LogP contribution in [0.2, 0.25) is 0 Å². The largest absolute Gasteiger partial charge is 0.508 e. The Labute approximate surface area is 167 Å². The lowest BCUT2D eigenvalue weighted by Crippen LogP contribution is -2.13. The molecule has 0 fully saturated rings. The lowest BCUT2D eigenvalue weighted by Gasteiger charge is -2.12. The Morgan fingerprint density at radius 2 is 1.62 bits per heavy atom. The molecule has 4 N–H and O–H groups in total. The van der Waals surface area contributed by atoms with Crippen LogP contribution >= 0.6 is 0 Å². The third-order valence-electron chi connectivity index (χ3n) is 4.59. The Balaban J connectivity index is 1.85. The summed E-state index contributed by atoms with van der Waals surface area (Å²) in [6, 6.07) is 19.2. The van der Waals surface area contributed by atoms with E-state index >= 15 is 0 Å². The van der Waals surface area contributed by atoms with Crippen LogP contribution in [0, 0.1) is 6.92 Å². The summed E-state index contributed by atoms with van der Waals surface area (Å²) < 4.78 is 23.8. The lowest BCUT2D eigenvalue weighted by atomic mass is 10.0. The van der Waals surface area contributed by atoms with Gasteiger partial charge in [0.2, 0.25) is 10.0 Å². The van der Waals surface area contributed by atoms with Gasteiger partial charge in [0.1, 0.15) is 11.4 Å². The van der Waals surface area contributed by atoms with E-state index in [1.54, 1.807) is 43.3 Å². The van der Waals surface area contributed by atoms with Crippen molar-refractivity contribution in [3.05, 3.63) is 72.3 Å². The Morgan fingerprint density at radius 3 is 2.31 bits per heavy atom. The molecule has 4 aromatic rings. The normalized spacial score (nSPS) is 11.5. The molecular formula is C21H18N4O3S.